The zero-order valence-corrected chi connectivity index (χ0v) is 14.3. The molecule has 0 radical (unpaired) electrons. The van der Waals surface area contributed by atoms with Crippen LogP contribution in [0.15, 0.2) is 30.6 Å². The number of hydrogen-bond donors (Lipinski definition) is 2. The number of rotatable bonds is 7. The van der Waals surface area contributed by atoms with Gasteiger partial charge < -0.3 is 19.9 Å². The van der Waals surface area contributed by atoms with Crippen molar-refractivity contribution >= 4 is 0 Å². The molecular weight excluding hydrogens is 294 g/mol. The van der Waals surface area contributed by atoms with Crippen molar-refractivity contribution < 1.29 is 14.6 Å². The van der Waals surface area contributed by atoms with Crippen LogP contribution in [0.1, 0.15) is 31.0 Å². The van der Waals surface area contributed by atoms with Crippen molar-refractivity contribution in [2.75, 3.05) is 20.8 Å². The number of ether oxygens (including phenoxy) is 2. The van der Waals surface area contributed by atoms with Crippen LogP contribution in [0, 0.1) is 0 Å². The smallest absolute Gasteiger partial charge is 0.161 e. The van der Waals surface area contributed by atoms with Gasteiger partial charge >= 0.3 is 0 Å². The summed E-state index contributed by atoms with van der Waals surface area (Å²) < 4.78 is 12.3. The van der Waals surface area contributed by atoms with Gasteiger partial charge in [0.25, 0.3) is 0 Å². The van der Waals surface area contributed by atoms with Crippen LogP contribution in [0.25, 0.3) is 0 Å². The number of aliphatic hydroxyl groups is 1. The van der Waals surface area contributed by atoms with E-state index in [0.29, 0.717) is 18.0 Å². The SMILES string of the molecule is COc1ccc(C(C)NCC(C)(O)c2cnn(C)c2)cc1OC. The van der Waals surface area contributed by atoms with Crippen LogP contribution in [0.4, 0.5) is 0 Å². The van der Waals surface area contributed by atoms with Crippen molar-refractivity contribution in [2.24, 2.45) is 7.05 Å². The van der Waals surface area contributed by atoms with Crippen LogP contribution in [0.5, 0.6) is 11.5 Å². The van der Waals surface area contributed by atoms with E-state index in [0.717, 1.165) is 11.1 Å². The summed E-state index contributed by atoms with van der Waals surface area (Å²) in [6, 6.07) is 5.86. The molecule has 0 aliphatic heterocycles. The molecule has 0 saturated heterocycles. The molecule has 0 saturated carbocycles. The lowest BCUT2D eigenvalue weighted by Gasteiger charge is -2.25. The van der Waals surface area contributed by atoms with E-state index in [4.69, 9.17) is 9.47 Å². The van der Waals surface area contributed by atoms with Gasteiger partial charge in [-0.3, -0.25) is 4.68 Å². The molecule has 0 aliphatic rings. The third kappa shape index (κ3) is 4.03. The third-order valence-corrected chi connectivity index (χ3v) is 3.99. The number of methoxy groups -OCH3 is 2. The van der Waals surface area contributed by atoms with Gasteiger partial charge in [-0.15, -0.1) is 0 Å². The molecule has 2 rings (SSSR count). The highest BCUT2D eigenvalue weighted by Crippen LogP contribution is 2.30. The Labute approximate surface area is 137 Å². The van der Waals surface area contributed by atoms with Crippen LogP contribution < -0.4 is 14.8 Å². The van der Waals surface area contributed by atoms with Crippen molar-refractivity contribution in [2.45, 2.75) is 25.5 Å². The van der Waals surface area contributed by atoms with E-state index in [1.807, 2.05) is 38.4 Å². The predicted octanol–water partition coefficient (Wildman–Crippen LogP) is 2.00. The Balaban J connectivity index is 2.05. The minimum atomic E-state index is -0.987. The first-order chi connectivity index (χ1) is 10.9. The maximum absolute atomic E-state index is 10.6. The maximum Gasteiger partial charge on any atom is 0.161 e. The van der Waals surface area contributed by atoms with E-state index >= 15 is 0 Å². The standard InChI is InChI=1S/C17H25N3O3/c1-12(13-6-7-15(22-4)16(8-13)23-5)18-11-17(2,21)14-9-19-20(3)10-14/h6-10,12,18,21H,11H2,1-5H3. The molecule has 2 aromatic rings. The molecule has 2 atom stereocenters. The van der Waals surface area contributed by atoms with Crippen LogP contribution in [-0.4, -0.2) is 35.7 Å². The molecule has 126 valence electrons. The van der Waals surface area contributed by atoms with Crippen molar-refractivity contribution in [3.63, 3.8) is 0 Å². The van der Waals surface area contributed by atoms with E-state index in [1.165, 1.54) is 0 Å². The zero-order valence-electron chi connectivity index (χ0n) is 14.3. The van der Waals surface area contributed by atoms with E-state index < -0.39 is 5.60 Å². The van der Waals surface area contributed by atoms with Gasteiger partial charge in [0.2, 0.25) is 0 Å². The summed E-state index contributed by atoms with van der Waals surface area (Å²) in [5.41, 5.74) is 0.857. The van der Waals surface area contributed by atoms with Gasteiger partial charge in [-0.25, -0.2) is 0 Å². The Bertz CT molecular complexity index is 652. The minimum absolute atomic E-state index is 0.0537. The number of nitrogens with one attached hydrogen (secondary N) is 1. The van der Waals surface area contributed by atoms with Gasteiger partial charge in [0.05, 0.1) is 20.4 Å². The largest absolute Gasteiger partial charge is 0.493 e. The lowest BCUT2D eigenvalue weighted by atomic mass is 9.98. The van der Waals surface area contributed by atoms with Gasteiger partial charge in [-0.2, -0.15) is 5.10 Å². The van der Waals surface area contributed by atoms with Gasteiger partial charge in [0, 0.05) is 31.4 Å². The first-order valence-corrected chi connectivity index (χ1v) is 7.54. The normalized spacial score (nSPS) is 15.0. The first-order valence-electron chi connectivity index (χ1n) is 7.54. The maximum atomic E-state index is 10.6. The quantitative estimate of drug-likeness (QED) is 0.817. The summed E-state index contributed by atoms with van der Waals surface area (Å²) >= 11 is 0. The lowest BCUT2D eigenvalue weighted by molar-refractivity contribution is 0.0543. The predicted molar refractivity (Wildman–Crippen MR) is 88.7 cm³/mol. The molecule has 23 heavy (non-hydrogen) atoms. The van der Waals surface area contributed by atoms with Crippen molar-refractivity contribution in [3.05, 3.63) is 41.7 Å². The molecule has 6 nitrogen and oxygen atoms in total. The molecule has 0 spiro atoms. The average molecular weight is 319 g/mol. The van der Waals surface area contributed by atoms with E-state index in [-0.39, 0.29) is 6.04 Å². The first kappa shape index (κ1) is 17.3. The van der Waals surface area contributed by atoms with Gasteiger partial charge in [0.1, 0.15) is 5.60 Å². The summed E-state index contributed by atoms with van der Waals surface area (Å²) in [5.74, 6) is 1.39. The second-order valence-electron chi connectivity index (χ2n) is 5.89. The summed E-state index contributed by atoms with van der Waals surface area (Å²) in [5, 5.41) is 18.1. The van der Waals surface area contributed by atoms with Gasteiger partial charge in [-0.1, -0.05) is 6.07 Å². The third-order valence-electron chi connectivity index (χ3n) is 3.99. The zero-order chi connectivity index (χ0) is 17.0. The average Bonchev–Trinajstić information content (AvgIpc) is 2.99. The summed E-state index contributed by atoms with van der Waals surface area (Å²) in [6.45, 7) is 4.23. The molecule has 0 fully saturated rings. The fourth-order valence-corrected chi connectivity index (χ4v) is 2.39. The molecule has 6 heteroatoms. The molecule has 2 N–H and O–H groups in total. The molecule has 1 aromatic carbocycles. The lowest BCUT2D eigenvalue weighted by Crippen LogP contribution is -2.36. The molecular formula is C17H25N3O3. The molecule has 2 unspecified atom stereocenters. The fraction of sp³-hybridized carbons (Fsp3) is 0.471. The summed E-state index contributed by atoms with van der Waals surface area (Å²) in [4.78, 5) is 0. The van der Waals surface area contributed by atoms with Crippen molar-refractivity contribution in [1.82, 2.24) is 15.1 Å². The fourth-order valence-electron chi connectivity index (χ4n) is 2.39. The second kappa shape index (κ2) is 7.02. The molecule has 0 aliphatic carbocycles. The van der Waals surface area contributed by atoms with Crippen molar-refractivity contribution in [3.8, 4) is 11.5 Å². The highest BCUT2D eigenvalue weighted by Gasteiger charge is 2.25. The number of aromatic nitrogens is 2. The number of benzene rings is 1. The van der Waals surface area contributed by atoms with E-state index in [1.54, 1.807) is 32.0 Å². The Morgan fingerprint density at radius 1 is 1.30 bits per heavy atom. The van der Waals surface area contributed by atoms with E-state index in [2.05, 4.69) is 10.4 Å². The molecule has 1 aromatic heterocycles. The minimum Gasteiger partial charge on any atom is -0.493 e. The van der Waals surface area contributed by atoms with Crippen LogP contribution >= 0.6 is 0 Å². The van der Waals surface area contributed by atoms with Crippen LogP contribution in [0.3, 0.4) is 0 Å². The number of aryl methyl sites for hydroxylation is 1. The Morgan fingerprint density at radius 3 is 2.57 bits per heavy atom. The van der Waals surface area contributed by atoms with Gasteiger partial charge in [0.15, 0.2) is 11.5 Å². The molecule has 0 amide bonds. The Morgan fingerprint density at radius 2 is 2.00 bits per heavy atom. The topological polar surface area (TPSA) is 68.5 Å². The summed E-state index contributed by atoms with van der Waals surface area (Å²) in [6.07, 6.45) is 3.51. The Kier molecular flexibility index (Phi) is 5.28. The Hall–Kier alpha value is -2.05. The highest BCUT2D eigenvalue weighted by molar-refractivity contribution is 5.43. The van der Waals surface area contributed by atoms with E-state index in [9.17, 15) is 5.11 Å². The van der Waals surface area contributed by atoms with Crippen molar-refractivity contribution in [1.29, 1.82) is 0 Å². The number of nitrogens with zero attached hydrogens (tertiary/aromatic N) is 2. The monoisotopic (exact) mass is 319 g/mol. The second-order valence-corrected chi connectivity index (χ2v) is 5.89. The summed E-state index contributed by atoms with van der Waals surface area (Å²) in [7, 11) is 5.07. The number of hydrogen-bond acceptors (Lipinski definition) is 5. The van der Waals surface area contributed by atoms with Crippen LogP contribution in [-0.2, 0) is 12.6 Å². The van der Waals surface area contributed by atoms with Gasteiger partial charge in [-0.05, 0) is 31.5 Å². The molecule has 0 bridgehead atoms. The molecule has 1 heterocycles. The van der Waals surface area contributed by atoms with Crippen LogP contribution in [0.2, 0.25) is 0 Å². The highest BCUT2D eigenvalue weighted by atomic mass is 16.5.